The van der Waals surface area contributed by atoms with E-state index in [-0.39, 0.29) is 23.9 Å². The molecule has 0 saturated carbocycles. The lowest BCUT2D eigenvalue weighted by atomic mass is 9.89. The minimum absolute atomic E-state index is 0.0219. The summed E-state index contributed by atoms with van der Waals surface area (Å²) in [7, 11) is 5.51. The highest BCUT2D eigenvalue weighted by Gasteiger charge is 2.29. The van der Waals surface area contributed by atoms with Crippen LogP contribution in [0.2, 0.25) is 0 Å². The predicted octanol–water partition coefficient (Wildman–Crippen LogP) is 3.44. The fraction of sp³-hybridized carbons (Fsp3) is 0.462. The first kappa shape index (κ1) is 23.7. The second-order valence-electron chi connectivity index (χ2n) is 9.94. The third-order valence-electron chi connectivity index (χ3n) is 6.99. The summed E-state index contributed by atoms with van der Waals surface area (Å²) >= 11 is 1.62. The van der Waals surface area contributed by atoms with Gasteiger partial charge in [0.15, 0.2) is 12.4 Å². The molecule has 2 aromatic heterocycles. The number of thiophene rings is 1. The van der Waals surface area contributed by atoms with Crippen molar-refractivity contribution in [1.29, 1.82) is 0 Å². The standard InChI is InChI=1S/C26H30N4O4S/c1-14-6-8-17-20(10-14)35-25-23(17)26(33)30(21(27-25)12-28(3)4)15(2)24(32)16-7-9-19-18(11-16)29(5)22(31)13-34-19/h7,9,11,14-15H,6,8,10,12-13H2,1-5H3. The van der Waals surface area contributed by atoms with Gasteiger partial charge in [0, 0.05) is 17.5 Å². The van der Waals surface area contributed by atoms with Gasteiger partial charge >= 0.3 is 0 Å². The fourth-order valence-electron chi connectivity index (χ4n) is 5.02. The molecule has 5 rings (SSSR count). The van der Waals surface area contributed by atoms with E-state index in [4.69, 9.17) is 9.72 Å². The van der Waals surface area contributed by atoms with Crippen LogP contribution in [0.25, 0.3) is 10.2 Å². The number of hydrogen-bond acceptors (Lipinski definition) is 7. The number of rotatable bonds is 5. The van der Waals surface area contributed by atoms with Gasteiger partial charge in [0.25, 0.3) is 11.5 Å². The van der Waals surface area contributed by atoms with Gasteiger partial charge in [-0.15, -0.1) is 11.3 Å². The van der Waals surface area contributed by atoms with Crippen LogP contribution >= 0.6 is 11.3 Å². The minimum Gasteiger partial charge on any atom is -0.482 e. The predicted molar refractivity (Wildman–Crippen MR) is 137 cm³/mol. The molecule has 184 valence electrons. The summed E-state index contributed by atoms with van der Waals surface area (Å²) in [5.41, 5.74) is 1.94. The molecule has 0 N–H and O–H groups in total. The quantitative estimate of drug-likeness (QED) is 0.505. The van der Waals surface area contributed by atoms with E-state index in [9.17, 15) is 14.4 Å². The number of ether oxygens (including phenoxy) is 1. The van der Waals surface area contributed by atoms with Crippen LogP contribution in [0.1, 0.15) is 52.9 Å². The van der Waals surface area contributed by atoms with Gasteiger partial charge in [-0.25, -0.2) is 4.98 Å². The van der Waals surface area contributed by atoms with Crippen LogP contribution < -0.4 is 15.2 Å². The Bertz CT molecular complexity index is 1410. The van der Waals surface area contributed by atoms with Crippen LogP contribution in [0.4, 0.5) is 5.69 Å². The topological polar surface area (TPSA) is 84.7 Å². The number of fused-ring (bicyclic) bond motifs is 4. The van der Waals surface area contributed by atoms with Crippen molar-refractivity contribution in [2.45, 2.75) is 45.7 Å². The van der Waals surface area contributed by atoms with Gasteiger partial charge < -0.3 is 14.5 Å². The van der Waals surface area contributed by atoms with Gasteiger partial charge in [-0.3, -0.25) is 19.0 Å². The molecule has 35 heavy (non-hydrogen) atoms. The van der Waals surface area contributed by atoms with E-state index in [1.165, 1.54) is 9.78 Å². The number of Topliss-reactive ketones (excluding diaryl/α,β-unsaturated/α-hetero) is 1. The molecule has 3 aromatic rings. The maximum atomic E-state index is 13.9. The van der Waals surface area contributed by atoms with Crippen molar-refractivity contribution in [1.82, 2.24) is 14.5 Å². The molecule has 9 heteroatoms. The van der Waals surface area contributed by atoms with E-state index in [0.29, 0.717) is 40.7 Å². The number of anilines is 1. The highest BCUT2D eigenvalue weighted by Crippen LogP contribution is 2.37. The Morgan fingerprint density at radius 1 is 1.31 bits per heavy atom. The largest absolute Gasteiger partial charge is 0.482 e. The lowest BCUT2D eigenvalue weighted by molar-refractivity contribution is -0.120. The first-order chi connectivity index (χ1) is 16.7. The molecule has 1 aromatic carbocycles. The Morgan fingerprint density at radius 3 is 2.83 bits per heavy atom. The van der Waals surface area contributed by atoms with E-state index in [2.05, 4.69) is 6.92 Å². The first-order valence-electron chi connectivity index (χ1n) is 11.9. The van der Waals surface area contributed by atoms with Crippen molar-refractivity contribution < 1.29 is 14.3 Å². The number of carbonyl (C=O) groups excluding carboxylic acids is 2. The molecular formula is C26H30N4O4S. The van der Waals surface area contributed by atoms with Crippen LogP contribution in [-0.2, 0) is 24.2 Å². The summed E-state index contributed by atoms with van der Waals surface area (Å²) in [6.45, 7) is 4.41. The van der Waals surface area contributed by atoms with Crippen LogP contribution in [-0.4, -0.2) is 53.9 Å². The Hall–Kier alpha value is -3.04. The van der Waals surface area contributed by atoms with Crippen molar-refractivity contribution >= 4 is 38.9 Å². The number of amides is 1. The number of hydrogen-bond donors (Lipinski definition) is 0. The van der Waals surface area contributed by atoms with Gasteiger partial charge in [-0.05, 0) is 70.0 Å². The second kappa shape index (κ2) is 8.87. The highest BCUT2D eigenvalue weighted by molar-refractivity contribution is 7.18. The lowest BCUT2D eigenvalue weighted by Gasteiger charge is -2.26. The minimum atomic E-state index is -0.754. The molecule has 0 saturated heterocycles. The smallest absolute Gasteiger partial charge is 0.264 e. The molecule has 8 nitrogen and oxygen atoms in total. The Kier molecular flexibility index (Phi) is 6.01. The summed E-state index contributed by atoms with van der Waals surface area (Å²) in [5, 5.41) is 0.670. The van der Waals surface area contributed by atoms with Gasteiger partial charge in [0.2, 0.25) is 0 Å². The van der Waals surface area contributed by atoms with E-state index < -0.39 is 6.04 Å². The summed E-state index contributed by atoms with van der Waals surface area (Å²) in [4.78, 5) is 50.1. The van der Waals surface area contributed by atoms with Crippen molar-refractivity contribution in [2.24, 2.45) is 5.92 Å². The van der Waals surface area contributed by atoms with Gasteiger partial charge in [0.1, 0.15) is 16.4 Å². The number of ketones is 1. The second-order valence-corrected chi connectivity index (χ2v) is 11.0. The van der Waals surface area contributed by atoms with E-state index in [1.807, 2.05) is 19.0 Å². The Balaban J connectivity index is 1.61. The molecule has 0 radical (unpaired) electrons. The maximum Gasteiger partial charge on any atom is 0.264 e. The molecule has 1 amide bonds. The van der Waals surface area contributed by atoms with E-state index in [0.717, 1.165) is 29.7 Å². The van der Waals surface area contributed by atoms with Crippen LogP contribution in [0.3, 0.4) is 0 Å². The first-order valence-corrected chi connectivity index (χ1v) is 12.7. The van der Waals surface area contributed by atoms with Crippen molar-refractivity contribution in [3.8, 4) is 5.75 Å². The lowest BCUT2D eigenvalue weighted by Crippen LogP contribution is -2.36. The number of aryl methyl sites for hydroxylation is 1. The monoisotopic (exact) mass is 494 g/mol. The van der Waals surface area contributed by atoms with Gasteiger partial charge in [-0.2, -0.15) is 0 Å². The van der Waals surface area contributed by atoms with E-state index >= 15 is 0 Å². The summed E-state index contributed by atoms with van der Waals surface area (Å²) in [5.74, 6) is 1.35. The average Bonchev–Trinajstić information content (AvgIpc) is 3.17. The van der Waals surface area contributed by atoms with Crippen molar-refractivity contribution in [3.05, 3.63) is 50.4 Å². The molecule has 2 unspecified atom stereocenters. The molecular weight excluding hydrogens is 464 g/mol. The van der Waals surface area contributed by atoms with E-state index in [1.54, 1.807) is 48.1 Å². The fourth-order valence-corrected chi connectivity index (χ4v) is 6.41. The van der Waals surface area contributed by atoms with Gasteiger partial charge in [0.05, 0.1) is 23.7 Å². The summed E-state index contributed by atoms with van der Waals surface area (Å²) < 4.78 is 7.07. The van der Waals surface area contributed by atoms with Crippen LogP contribution in [0, 0.1) is 5.92 Å². The maximum absolute atomic E-state index is 13.9. The third-order valence-corrected chi connectivity index (χ3v) is 8.14. The number of aromatic nitrogens is 2. The normalized spacial score (nSPS) is 18.4. The van der Waals surface area contributed by atoms with Gasteiger partial charge in [-0.1, -0.05) is 6.92 Å². The number of carbonyl (C=O) groups is 2. The SMILES string of the molecule is CC1CCc2c(sc3nc(CN(C)C)n(C(C)C(=O)c4ccc5c(c4)N(C)C(=O)CO5)c(=O)c23)C1. The molecule has 0 fully saturated rings. The summed E-state index contributed by atoms with van der Waals surface area (Å²) in [6.07, 6.45) is 2.89. The molecule has 0 bridgehead atoms. The van der Waals surface area contributed by atoms with Crippen LogP contribution in [0.5, 0.6) is 5.75 Å². The average molecular weight is 495 g/mol. The summed E-state index contributed by atoms with van der Waals surface area (Å²) in [6, 6.07) is 4.31. The zero-order chi connectivity index (χ0) is 25.0. The zero-order valence-electron chi connectivity index (χ0n) is 20.8. The molecule has 2 aliphatic rings. The number of benzene rings is 1. The van der Waals surface area contributed by atoms with Crippen molar-refractivity contribution in [2.75, 3.05) is 32.6 Å². The molecule has 3 heterocycles. The Morgan fingerprint density at radius 2 is 2.09 bits per heavy atom. The number of likely N-dealkylation sites (N-methyl/N-ethyl adjacent to an activating group) is 1. The molecule has 1 aliphatic carbocycles. The number of nitrogens with zero attached hydrogens (tertiary/aromatic N) is 4. The molecule has 0 spiro atoms. The highest BCUT2D eigenvalue weighted by atomic mass is 32.1. The van der Waals surface area contributed by atoms with Crippen molar-refractivity contribution in [3.63, 3.8) is 0 Å². The van der Waals surface area contributed by atoms with Crippen LogP contribution in [0.15, 0.2) is 23.0 Å². The Labute approximate surface area is 208 Å². The third kappa shape index (κ3) is 4.06. The molecule has 2 atom stereocenters. The zero-order valence-corrected chi connectivity index (χ0v) is 21.6. The molecule has 1 aliphatic heterocycles.